The molecule has 168 valence electrons. The third-order valence-electron chi connectivity index (χ3n) is 5.38. The van der Waals surface area contributed by atoms with Crippen LogP contribution >= 0.6 is 11.6 Å². The van der Waals surface area contributed by atoms with Crippen molar-refractivity contribution >= 4 is 33.2 Å². The van der Waals surface area contributed by atoms with Gasteiger partial charge in [-0.15, -0.1) is 0 Å². The van der Waals surface area contributed by atoms with E-state index in [0.29, 0.717) is 36.5 Å². The smallest absolute Gasteiger partial charge is 0.244 e. The van der Waals surface area contributed by atoms with Crippen LogP contribution < -0.4 is 5.32 Å². The minimum atomic E-state index is -3.93. The topological polar surface area (TPSA) is 105 Å². The van der Waals surface area contributed by atoms with Crippen molar-refractivity contribution in [1.82, 2.24) is 14.4 Å². The normalized spacial score (nSPS) is 17.3. The number of benzene rings is 2. The number of hydrogen-bond donors (Lipinski definition) is 1. The van der Waals surface area contributed by atoms with Crippen molar-refractivity contribution in [2.45, 2.75) is 31.6 Å². The Kier molecular flexibility index (Phi) is 6.32. The molecule has 1 amide bonds. The largest absolute Gasteiger partial charge is 0.339 e. The average Bonchev–Trinajstić information content (AvgIpc) is 3.20. The monoisotopic (exact) mass is 474 g/mol. The van der Waals surface area contributed by atoms with E-state index in [1.807, 2.05) is 31.2 Å². The van der Waals surface area contributed by atoms with E-state index in [-0.39, 0.29) is 28.2 Å². The number of aryl methyl sites for hydroxylation is 2. The Morgan fingerprint density at radius 3 is 2.75 bits per heavy atom. The van der Waals surface area contributed by atoms with E-state index in [2.05, 4.69) is 15.5 Å². The first-order valence-electron chi connectivity index (χ1n) is 10.2. The molecular formula is C22H23ClN4O4S. The van der Waals surface area contributed by atoms with Gasteiger partial charge in [0.1, 0.15) is 4.90 Å². The van der Waals surface area contributed by atoms with Crippen LogP contribution in [0.4, 0.5) is 5.69 Å². The molecule has 0 saturated carbocycles. The van der Waals surface area contributed by atoms with Crippen molar-refractivity contribution in [3.8, 4) is 11.4 Å². The van der Waals surface area contributed by atoms with E-state index in [1.54, 1.807) is 13.0 Å². The lowest BCUT2D eigenvalue weighted by Crippen LogP contribution is -2.43. The Morgan fingerprint density at radius 1 is 1.22 bits per heavy atom. The summed E-state index contributed by atoms with van der Waals surface area (Å²) in [7, 11) is -3.93. The summed E-state index contributed by atoms with van der Waals surface area (Å²) in [5.74, 6) is 0.000920. The van der Waals surface area contributed by atoms with Gasteiger partial charge in [-0.25, -0.2) is 8.42 Å². The van der Waals surface area contributed by atoms with Gasteiger partial charge in [0.25, 0.3) is 0 Å². The third kappa shape index (κ3) is 4.69. The zero-order valence-corrected chi connectivity index (χ0v) is 19.3. The van der Waals surface area contributed by atoms with Crippen LogP contribution in [0.2, 0.25) is 5.02 Å². The van der Waals surface area contributed by atoms with Gasteiger partial charge in [-0.3, -0.25) is 4.79 Å². The van der Waals surface area contributed by atoms with Crippen molar-refractivity contribution in [1.29, 1.82) is 0 Å². The van der Waals surface area contributed by atoms with Crippen molar-refractivity contribution in [2.75, 3.05) is 18.4 Å². The number of amides is 1. The molecule has 1 saturated heterocycles. The molecule has 1 unspecified atom stereocenters. The molecular weight excluding hydrogens is 452 g/mol. The quantitative estimate of drug-likeness (QED) is 0.598. The second-order valence-corrected chi connectivity index (χ2v) is 10.2. The molecule has 1 N–H and O–H groups in total. The van der Waals surface area contributed by atoms with E-state index in [1.165, 1.54) is 16.4 Å². The highest BCUT2D eigenvalue weighted by atomic mass is 35.5. The number of anilines is 1. The third-order valence-corrected chi connectivity index (χ3v) is 7.72. The summed E-state index contributed by atoms with van der Waals surface area (Å²) in [5.41, 5.74) is 2.21. The maximum Gasteiger partial charge on any atom is 0.244 e. The van der Waals surface area contributed by atoms with E-state index in [9.17, 15) is 13.2 Å². The molecule has 3 aromatic rings. The fraction of sp³-hybridized carbons (Fsp3) is 0.318. The molecule has 1 atom stereocenters. The van der Waals surface area contributed by atoms with Crippen molar-refractivity contribution in [3.63, 3.8) is 0 Å². The van der Waals surface area contributed by atoms with Crippen LogP contribution in [-0.4, -0.2) is 41.9 Å². The van der Waals surface area contributed by atoms with Gasteiger partial charge in [0, 0.05) is 31.3 Å². The number of hydrogen-bond acceptors (Lipinski definition) is 6. The summed E-state index contributed by atoms with van der Waals surface area (Å²) >= 11 is 6.26. The zero-order chi connectivity index (χ0) is 22.9. The molecule has 4 rings (SSSR count). The fourth-order valence-corrected chi connectivity index (χ4v) is 5.76. The van der Waals surface area contributed by atoms with Crippen molar-refractivity contribution in [3.05, 3.63) is 58.9 Å². The van der Waals surface area contributed by atoms with Gasteiger partial charge in [0.15, 0.2) is 0 Å². The van der Waals surface area contributed by atoms with E-state index < -0.39 is 15.9 Å². The molecule has 1 aliphatic rings. The predicted molar refractivity (Wildman–Crippen MR) is 121 cm³/mol. The molecule has 0 spiro atoms. The Balaban J connectivity index is 1.55. The van der Waals surface area contributed by atoms with E-state index in [0.717, 1.165) is 5.56 Å². The Labute approximate surface area is 191 Å². The van der Waals surface area contributed by atoms with Crippen molar-refractivity contribution in [2.24, 2.45) is 5.92 Å². The van der Waals surface area contributed by atoms with Crippen LogP contribution in [-0.2, 0) is 14.8 Å². The molecule has 0 aliphatic carbocycles. The second kappa shape index (κ2) is 9.01. The van der Waals surface area contributed by atoms with Crippen LogP contribution in [0.1, 0.15) is 24.3 Å². The van der Waals surface area contributed by atoms with E-state index >= 15 is 0 Å². The highest BCUT2D eigenvalue weighted by molar-refractivity contribution is 7.89. The minimum Gasteiger partial charge on any atom is -0.339 e. The average molecular weight is 475 g/mol. The number of carbonyl (C=O) groups is 1. The summed E-state index contributed by atoms with van der Waals surface area (Å²) in [5, 5.41) is 6.83. The van der Waals surface area contributed by atoms with Gasteiger partial charge in [-0.2, -0.15) is 9.29 Å². The summed E-state index contributed by atoms with van der Waals surface area (Å²) in [6.45, 7) is 4.00. The lowest BCUT2D eigenvalue weighted by Gasteiger charge is -2.31. The summed E-state index contributed by atoms with van der Waals surface area (Å²) in [6.07, 6.45) is 1.19. The highest BCUT2D eigenvalue weighted by Gasteiger charge is 2.34. The number of aromatic nitrogens is 2. The standard InChI is InChI=1S/C22H23ClN4O4S/c1-14-5-3-7-18(11-14)25-22(28)17-6-4-10-27(13-17)32(29,30)20-12-16(8-9-19(20)23)21-24-15(2)31-26-21/h3,5,7-9,11-12,17H,4,6,10,13H2,1-2H3,(H,25,28). The molecule has 0 bridgehead atoms. The molecule has 8 nitrogen and oxygen atoms in total. The lowest BCUT2D eigenvalue weighted by atomic mass is 9.98. The Bertz CT molecular complexity index is 1260. The molecule has 2 aromatic carbocycles. The minimum absolute atomic E-state index is 0.0427. The fourth-order valence-electron chi connectivity index (χ4n) is 3.74. The second-order valence-electron chi connectivity index (χ2n) is 7.84. The molecule has 1 aliphatic heterocycles. The van der Waals surface area contributed by atoms with E-state index in [4.69, 9.17) is 16.1 Å². The Morgan fingerprint density at radius 2 is 2.03 bits per heavy atom. The van der Waals surface area contributed by atoms with Gasteiger partial charge >= 0.3 is 0 Å². The SMILES string of the molecule is Cc1cccc(NC(=O)C2CCCN(S(=O)(=O)c3cc(-c4noc(C)n4)ccc3Cl)C2)c1. The zero-order valence-electron chi connectivity index (χ0n) is 17.7. The first-order valence-corrected chi connectivity index (χ1v) is 12.0. The summed E-state index contributed by atoms with van der Waals surface area (Å²) in [6, 6.07) is 12.1. The Hall–Kier alpha value is -2.75. The highest BCUT2D eigenvalue weighted by Crippen LogP contribution is 2.31. The van der Waals surface area contributed by atoms with Crippen molar-refractivity contribution < 1.29 is 17.7 Å². The van der Waals surface area contributed by atoms with Gasteiger partial charge in [0.2, 0.25) is 27.6 Å². The van der Waals surface area contributed by atoms with Gasteiger partial charge < -0.3 is 9.84 Å². The van der Waals surface area contributed by atoms with Crippen LogP contribution in [0, 0.1) is 19.8 Å². The lowest BCUT2D eigenvalue weighted by molar-refractivity contribution is -0.120. The van der Waals surface area contributed by atoms with Gasteiger partial charge in [-0.05, 0) is 55.7 Å². The molecule has 1 fully saturated rings. The molecule has 10 heteroatoms. The number of nitrogens with zero attached hydrogens (tertiary/aromatic N) is 3. The first kappa shape index (κ1) is 22.4. The number of piperidine rings is 1. The van der Waals surface area contributed by atoms with Gasteiger partial charge in [-0.1, -0.05) is 28.9 Å². The predicted octanol–water partition coefficient (Wildman–Crippen LogP) is 4.05. The number of halogens is 1. The molecule has 2 heterocycles. The van der Waals surface area contributed by atoms with Gasteiger partial charge in [0.05, 0.1) is 10.9 Å². The van der Waals surface area contributed by atoms with Crippen LogP contribution in [0.25, 0.3) is 11.4 Å². The number of nitrogens with one attached hydrogen (secondary N) is 1. The first-order chi connectivity index (χ1) is 15.2. The number of rotatable bonds is 5. The summed E-state index contributed by atoms with van der Waals surface area (Å²) in [4.78, 5) is 16.9. The molecule has 32 heavy (non-hydrogen) atoms. The van der Waals surface area contributed by atoms with Crippen LogP contribution in [0.3, 0.4) is 0 Å². The molecule has 0 radical (unpaired) electrons. The number of sulfonamides is 1. The van der Waals surface area contributed by atoms with Crippen LogP contribution in [0.5, 0.6) is 0 Å². The molecule has 1 aromatic heterocycles. The number of carbonyl (C=O) groups excluding carboxylic acids is 1. The summed E-state index contributed by atoms with van der Waals surface area (Å²) < 4.78 is 33.1. The maximum atomic E-state index is 13.4. The van der Waals surface area contributed by atoms with Crippen LogP contribution in [0.15, 0.2) is 51.9 Å². The maximum absolute atomic E-state index is 13.4.